The molecule has 3 heteroatoms. The summed E-state index contributed by atoms with van der Waals surface area (Å²) in [5.41, 5.74) is 0.287. The first-order chi connectivity index (χ1) is 10.6. The second-order valence-corrected chi connectivity index (χ2v) is 5.27. The van der Waals surface area contributed by atoms with E-state index in [1.54, 1.807) is 0 Å². The van der Waals surface area contributed by atoms with Crippen LogP contribution in [0.3, 0.4) is 0 Å². The third kappa shape index (κ3) is 6.29. The quantitative estimate of drug-likeness (QED) is 0.591. The van der Waals surface area contributed by atoms with Crippen molar-refractivity contribution in [3.05, 3.63) is 34.9 Å². The fraction of sp³-hybridized carbons (Fsp3) is 0.474. The first kappa shape index (κ1) is 18.2. The van der Waals surface area contributed by atoms with E-state index in [-0.39, 0.29) is 11.1 Å². The van der Waals surface area contributed by atoms with Crippen molar-refractivity contribution in [1.29, 1.82) is 0 Å². The number of aliphatic hydroxyl groups excluding tert-OH is 1. The van der Waals surface area contributed by atoms with Gasteiger partial charge in [-0.15, -0.1) is 6.42 Å². The molecule has 0 aliphatic rings. The number of benzene rings is 1. The van der Waals surface area contributed by atoms with Gasteiger partial charge in [0.1, 0.15) is 11.6 Å². The maximum Gasteiger partial charge on any atom is 0.176 e. The molecular formula is C19H22F2O. The fourth-order valence-electron chi connectivity index (χ4n) is 2.19. The van der Waals surface area contributed by atoms with Crippen molar-refractivity contribution >= 4 is 0 Å². The van der Waals surface area contributed by atoms with E-state index in [1.807, 2.05) is 5.92 Å². The van der Waals surface area contributed by atoms with Crippen molar-refractivity contribution < 1.29 is 13.9 Å². The van der Waals surface area contributed by atoms with Crippen molar-refractivity contribution in [2.45, 2.75) is 58.0 Å². The molecule has 0 aliphatic heterocycles. The van der Waals surface area contributed by atoms with Crippen LogP contribution in [0.2, 0.25) is 0 Å². The van der Waals surface area contributed by atoms with Crippen LogP contribution in [0.5, 0.6) is 0 Å². The molecule has 0 bridgehead atoms. The fourth-order valence-corrected chi connectivity index (χ4v) is 2.19. The Morgan fingerprint density at radius 1 is 1.09 bits per heavy atom. The van der Waals surface area contributed by atoms with Gasteiger partial charge < -0.3 is 5.11 Å². The number of hydrogen-bond acceptors (Lipinski definition) is 1. The van der Waals surface area contributed by atoms with Crippen molar-refractivity contribution in [1.82, 2.24) is 0 Å². The van der Waals surface area contributed by atoms with Gasteiger partial charge >= 0.3 is 0 Å². The first-order valence-corrected chi connectivity index (χ1v) is 7.72. The molecule has 1 aromatic carbocycles. The minimum absolute atomic E-state index is 0.110. The van der Waals surface area contributed by atoms with Crippen LogP contribution in [-0.4, -0.2) is 11.2 Å². The lowest BCUT2D eigenvalue weighted by molar-refractivity contribution is 0.290. The Balaban J connectivity index is 2.62. The van der Waals surface area contributed by atoms with Gasteiger partial charge in [-0.1, -0.05) is 56.8 Å². The molecule has 1 atom stereocenters. The van der Waals surface area contributed by atoms with Crippen molar-refractivity contribution in [3.63, 3.8) is 0 Å². The summed E-state index contributed by atoms with van der Waals surface area (Å²) >= 11 is 0. The first-order valence-electron chi connectivity index (χ1n) is 7.72. The summed E-state index contributed by atoms with van der Waals surface area (Å²) in [5, 5.41) is 9.12. The standard InChI is InChI=1S/C19H22F2O/c1-3-5-6-7-8-9-10-17-18(20)13-15(14-19(17)21)11-12-16(22)4-2/h2,13-14,16,22H,3,5-10H2,1H3. The van der Waals surface area contributed by atoms with Gasteiger partial charge in [0.05, 0.1) is 0 Å². The number of halogens is 2. The zero-order valence-corrected chi connectivity index (χ0v) is 13.0. The number of hydrogen-bond donors (Lipinski definition) is 1. The number of terminal acetylenes is 1. The predicted octanol–water partition coefficient (Wildman–Crippen LogP) is 4.21. The molecule has 1 unspecified atom stereocenters. The molecule has 0 aliphatic carbocycles. The molecule has 0 saturated carbocycles. The van der Waals surface area contributed by atoms with E-state index in [4.69, 9.17) is 11.5 Å². The van der Waals surface area contributed by atoms with Gasteiger partial charge in [0, 0.05) is 11.1 Å². The highest BCUT2D eigenvalue weighted by atomic mass is 19.1. The van der Waals surface area contributed by atoms with E-state index in [9.17, 15) is 8.78 Å². The average molecular weight is 304 g/mol. The Labute approximate surface area is 131 Å². The topological polar surface area (TPSA) is 20.2 Å². The van der Waals surface area contributed by atoms with E-state index < -0.39 is 17.7 Å². The molecule has 0 spiro atoms. The van der Waals surface area contributed by atoms with Crippen LogP contribution in [0.1, 0.15) is 56.6 Å². The van der Waals surface area contributed by atoms with E-state index in [0.29, 0.717) is 6.42 Å². The largest absolute Gasteiger partial charge is 0.369 e. The lowest BCUT2D eigenvalue weighted by atomic mass is 10.0. The SMILES string of the molecule is C#CC(O)C#Cc1cc(F)c(CCCCCCCC)c(F)c1. The third-order valence-corrected chi connectivity index (χ3v) is 3.43. The van der Waals surface area contributed by atoms with Crippen LogP contribution < -0.4 is 0 Å². The average Bonchev–Trinajstić information content (AvgIpc) is 2.50. The van der Waals surface area contributed by atoms with Gasteiger partial charge in [0.2, 0.25) is 0 Å². The predicted molar refractivity (Wildman–Crippen MR) is 85.2 cm³/mol. The molecule has 118 valence electrons. The summed E-state index contributed by atoms with van der Waals surface area (Å²) in [4.78, 5) is 0. The minimum Gasteiger partial charge on any atom is -0.369 e. The van der Waals surface area contributed by atoms with E-state index in [0.717, 1.165) is 19.3 Å². The third-order valence-electron chi connectivity index (χ3n) is 3.43. The summed E-state index contributed by atoms with van der Waals surface area (Å²) in [6, 6.07) is 2.37. The van der Waals surface area contributed by atoms with Crippen LogP contribution in [0, 0.1) is 35.8 Å². The molecule has 1 aromatic rings. The molecule has 1 N–H and O–H groups in total. The second kappa shape index (κ2) is 9.98. The maximum atomic E-state index is 13.9. The Bertz CT molecular complexity index is 552. The molecule has 0 radical (unpaired) electrons. The van der Waals surface area contributed by atoms with Gasteiger partial charge in [0.25, 0.3) is 0 Å². The second-order valence-electron chi connectivity index (χ2n) is 5.27. The van der Waals surface area contributed by atoms with Crippen LogP contribution in [0.25, 0.3) is 0 Å². The monoisotopic (exact) mass is 304 g/mol. The Morgan fingerprint density at radius 3 is 2.27 bits per heavy atom. The molecule has 0 heterocycles. The van der Waals surface area contributed by atoms with Crippen LogP contribution in [0.4, 0.5) is 8.78 Å². The maximum absolute atomic E-state index is 13.9. The minimum atomic E-state index is -1.23. The Kier molecular flexibility index (Phi) is 8.26. The molecule has 0 amide bonds. The van der Waals surface area contributed by atoms with Crippen LogP contribution in [-0.2, 0) is 6.42 Å². The molecule has 0 fully saturated rings. The van der Waals surface area contributed by atoms with Crippen LogP contribution in [0.15, 0.2) is 12.1 Å². The van der Waals surface area contributed by atoms with Gasteiger partial charge in [-0.2, -0.15) is 0 Å². The van der Waals surface area contributed by atoms with Crippen LogP contribution >= 0.6 is 0 Å². The van der Waals surface area contributed by atoms with E-state index in [2.05, 4.69) is 18.8 Å². The summed E-state index contributed by atoms with van der Waals surface area (Å²) in [6.07, 6.45) is 10.6. The molecule has 0 aromatic heterocycles. The van der Waals surface area contributed by atoms with Crippen molar-refractivity contribution in [2.24, 2.45) is 0 Å². The summed E-state index contributed by atoms with van der Waals surface area (Å²) in [7, 11) is 0. The zero-order chi connectivity index (χ0) is 16.4. The van der Waals surface area contributed by atoms with Crippen molar-refractivity contribution in [2.75, 3.05) is 0 Å². The number of rotatable bonds is 7. The van der Waals surface area contributed by atoms with Gasteiger partial charge in [-0.25, -0.2) is 8.78 Å². The van der Waals surface area contributed by atoms with Gasteiger partial charge in [-0.05, 0) is 25.0 Å². The van der Waals surface area contributed by atoms with Crippen molar-refractivity contribution in [3.8, 4) is 24.2 Å². The lowest BCUT2D eigenvalue weighted by Gasteiger charge is -2.06. The van der Waals surface area contributed by atoms with E-state index in [1.165, 1.54) is 31.4 Å². The smallest absolute Gasteiger partial charge is 0.176 e. The van der Waals surface area contributed by atoms with Gasteiger partial charge in [0.15, 0.2) is 6.10 Å². The summed E-state index contributed by atoms with van der Waals surface area (Å²) in [6.45, 7) is 2.15. The van der Waals surface area contributed by atoms with E-state index >= 15 is 0 Å². The summed E-state index contributed by atoms with van der Waals surface area (Å²) in [5.74, 6) is 5.64. The summed E-state index contributed by atoms with van der Waals surface area (Å²) < 4.78 is 27.9. The molecule has 1 nitrogen and oxygen atoms in total. The molecule has 0 saturated heterocycles. The van der Waals surface area contributed by atoms with Gasteiger partial charge in [-0.3, -0.25) is 0 Å². The Hall–Kier alpha value is -1.84. The normalized spacial score (nSPS) is 11.4. The molecule has 1 rings (SSSR count). The highest BCUT2D eigenvalue weighted by molar-refractivity contribution is 5.39. The molecular weight excluding hydrogens is 282 g/mol. The molecule has 22 heavy (non-hydrogen) atoms. The zero-order valence-electron chi connectivity index (χ0n) is 13.0. The number of aliphatic hydroxyl groups is 1. The highest BCUT2D eigenvalue weighted by Crippen LogP contribution is 2.18. The Morgan fingerprint density at radius 2 is 1.68 bits per heavy atom. The lowest BCUT2D eigenvalue weighted by Crippen LogP contribution is -1.99. The highest BCUT2D eigenvalue weighted by Gasteiger charge is 2.10. The number of unbranched alkanes of at least 4 members (excludes halogenated alkanes) is 5.